The van der Waals surface area contributed by atoms with Crippen molar-refractivity contribution in [2.24, 2.45) is 0 Å². The molecule has 8 heteroatoms. The van der Waals surface area contributed by atoms with Gasteiger partial charge in [-0.25, -0.2) is 8.78 Å². The number of amides is 1. The fourth-order valence-corrected chi connectivity index (χ4v) is 2.72. The van der Waals surface area contributed by atoms with Crippen LogP contribution in [0.4, 0.5) is 20.2 Å². The van der Waals surface area contributed by atoms with Gasteiger partial charge in [-0.2, -0.15) is 5.26 Å². The highest BCUT2D eigenvalue weighted by atomic mass is 19.1. The minimum Gasteiger partial charge on any atom is -0.493 e. The number of hydrogen-bond donors (Lipinski definition) is 2. The van der Waals surface area contributed by atoms with Gasteiger partial charge in [0.2, 0.25) is 5.91 Å². The van der Waals surface area contributed by atoms with Crippen LogP contribution in [0.15, 0.2) is 60.7 Å². The average Bonchev–Trinajstić information content (AvgIpc) is 2.77. The molecule has 1 atom stereocenters. The van der Waals surface area contributed by atoms with Gasteiger partial charge < -0.3 is 20.1 Å². The molecule has 0 aliphatic heterocycles. The zero-order valence-electron chi connectivity index (χ0n) is 16.8. The van der Waals surface area contributed by atoms with Crippen LogP contribution in [-0.2, 0) is 4.79 Å². The molecule has 0 aliphatic rings. The van der Waals surface area contributed by atoms with Crippen LogP contribution < -0.4 is 20.1 Å². The molecule has 0 radical (unpaired) electrons. The molecule has 0 heterocycles. The number of halogens is 2. The zero-order valence-corrected chi connectivity index (χ0v) is 16.8. The summed E-state index contributed by atoms with van der Waals surface area (Å²) in [6, 6.07) is 15.8. The van der Waals surface area contributed by atoms with E-state index in [4.69, 9.17) is 14.7 Å². The smallest absolute Gasteiger partial charge is 0.246 e. The largest absolute Gasteiger partial charge is 0.493 e. The third-order valence-electron chi connectivity index (χ3n) is 4.34. The maximum Gasteiger partial charge on any atom is 0.246 e. The molecule has 3 aromatic rings. The van der Waals surface area contributed by atoms with Gasteiger partial charge in [-0.1, -0.05) is 0 Å². The molecule has 0 spiro atoms. The molecule has 0 aromatic heterocycles. The molecule has 0 aliphatic carbocycles. The van der Waals surface area contributed by atoms with Gasteiger partial charge in [0.15, 0.2) is 11.5 Å². The van der Waals surface area contributed by atoms with Crippen molar-refractivity contribution in [2.45, 2.75) is 13.0 Å². The van der Waals surface area contributed by atoms with E-state index >= 15 is 0 Å². The summed E-state index contributed by atoms with van der Waals surface area (Å²) in [7, 11) is 1.48. The number of methoxy groups -OCH3 is 1. The second kappa shape index (κ2) is 9.59. The van der Waals surface area contributed by atoms with Crippen molar-refractivity contribution < 1.29 is 23.0 Å². The van der Waals surface area contributed by atoms with Crippen molar-refractivity contribution >= 4 is 17.3 Å². The molecular formula is C23H19F2N3O3. The van der Waals surface area contributed by atoms with Crippen LogP contribution in [0.2, 0.25) is 0 Å². The predicted molar refractivity (Wildman–Crippen MR) is 112 cm³/mol. The van der Waals surface area contributed by atoms with Crippen molar-refractivity contribution in [2.75, 3.05) is 17.7 Å². The van der Waals surface area contributed by atoms with Gasteiger partial charge in [0.1, 0.15) is 23.4 Å². The summed E-state index contributed by atoms with van der Waals surface area (Å²) < 4.78 is 38.0. The number of benzene rings is 3. The number of rotatable bonds is 7. The highest BCUT2D eigenvalue weighted by molar-refractivity contribution is 5.96. The average molecular weight is 423 g/mol. The lowest BCUT2D eigenvalue weighted by Crippen LogP contribution is -2.32. The monoisotopic (exact) mass is 423 g/mol. The Hall–Kier alpha value is -4.12. The van der Waals surface area contributed by atoms with E-state index in [2.05, 4.69) is 10.6 Å². The topological polar surface area (TPSA) is 83.4 Å². The van der Waals surface area contributed by atoms with Crippen molar-refractivity contribution in [1.29, 1.82) is 5.26 Å². The van der Waals surface area contributed by atoms with E-state index in [0.717, 1.165) is 18.2 Å². The predicted octanol–water partition coefficient (Wildman–Crippen LogP) is 5.08. The number of anilines is 2. The number of carbonyl (C=O) groups is 1. The first kappa shape index (κ1) is 21.6. The first-order valence-electron chi connectivity index (χ1n) is 9.28. The summed E-state index contributed by atoms with van der Waals surface area (Å²) in [6.07, 6.45) is 0. The summed E-state index contributed by atoms with van der Waals surface area (Å²) in [6.45, 7) is 1.60. The molecule has 6 nitrogen and oxygen atoms in total. The third-order valence-corrected chi connectivity index (χ3v) is 4.34. The van der Waals surface area contributed by atoms with E-state index in [9.17, 15) is 13.6 Å². The summed E-state index contributed by atoms with van der Waals surface area (Å²) in [4.78, 5) is 12.3. The number of hydrogen-bond acceptors (Lipinski definition) is 5. The van der Waals surface area contributed by atoms with Gasteiger partial charge in [0.25, 0.3) is 0 Å². The van der Waals surface area contributed by atoms with E-state index in [1.807, 2.05) is 6.07 Å². The summed E-state index contributed by atoms with van der Waals surface area (Å²) in [5.41, 5.74) is 0.856. The van der Waals surface area contributed by atoms with Crippen LogP contribution in [0.1, 0.15) is 12.5 Å². The number of carbonyl (C=O) groups excluding carboxylic acids is 1. The van der Waals surface area contributed by atoms with Crippen LogP contribution in [0, 0.1) is 23.0 Å². The Bertz CT molecular complexity index is 1130. The summed E-state index contributed by atoms with van der Waals surface area (Å²) in [5.74, 6) is -0.490. The highest BCUT2D eigenvalue weighted by Crippen LogP contribution is 2.32. The van der Waals surface area contributed by atoms with E-state index in [1.165, 1.54) is 7.11 Å². The van der Waals surface area contributed by atoms with E-state index in [0.29, 0.717) is 28.5 Å². The maximum absolute atomic E-state index is 13.7. The van der Waals surface area contributed by atoms with Gasteiger partial charge in [0.05, 0.1) is 24.4 Å². The Labute approximate surface area is 178 Å². The Balaban J connectivity index is 1.63. The number of nitriles is 1. The molecule has 158 valence electrons. The lowest BCUT2D eigenvalue weighted by molar-refractivity contribution is -0.116. The highest BCUT2D eigenvalue weighted by Gasteiger charge is 2.15. The Morgan fingerprint density at radius 1 is 1.03 bits per heavy atom. The Morgan fingerprint density at radius 2 is 1.77 bits per heavy atom. The molecule has 3 aromatic carbocycles. The van der Waals surface area contributed by atoms with Crippen molar-refractivity contribution in [3.8, 4) is 23.3 Å². The van der Waals surface area contributed by atoms with Gasteiger partial charge in [0, 0.05) is 17.8 Å². The Morgan fingerprint density at radius 3 is 2.45 bits per heavy atom. The fraction of sp³-hybridized carbons (Fsp3) is 0.130. The van der Waals surface area contributed by atoms with Crippen molar-refractivity contribution in [3.05, 3.63) is 77.9 Å². The number of ether oxygens (including phenoxy) is 2. The molecule has 0 bridgehead atoms. The first-order chi connectivity index (χ1) is 14.9. The summed E-state index contributed by atoms with van der Waals surface area (Å²) in [5, 5.41) is 14.3. The molecule has 1 amide bonds. The number of nitrogens with one attached hydrogen (secondary N) is 2. The number of nitrogens with zero attached hydrogens (tertiary/aromatic N) is 1. The molecule has 1 unspecified atom stereocenters. The van der Waals surface area contributed by atoms with Crippen LogP contribution in [-0.4, -0.2) is 19.1 Å². The maximum atomic E-state index is 13.7. The first-order valence-corrected chi connectivity index (χ1v) is 9.28. The Kier molecular flexibility index (Phi) is 6.67. The van der Waals surface area contributed by atoms with E-state index < -0.39 is 23.6 Å². The van der Waals surface area contributed by atoms with Crippen molar-refractivity contribution in [3.63, 3.8) is 0 Å². The van der Waals surface area contributed by atoms with Crippen molar-refractivity contribution in [1.82, 2.24) is 0 Å². The zero-order chi connectivity index (χ0) is 22.4. The standard InChI is InChI=1S/C23H19F2N3O3/c1-14(23(29)28-20-12-16(24)4-9-19(20)25)27-17-5-7-18(8-6-17)31-21-10-3-15(13-26)11-22(21)30-2/h3-12,14,27H,1-2H3,(H,28,29). The summed E-state index contributed by atoms with van der Waals surface area (Å²) >= 11 is 0. The second-order valence-corrected chi connectivity index (χ2v) is 6.58. The molecular weight excluding hydrogens is 404 g/mol. The van der Waals surface area contributed by atoms with Crippen LogP contribution in [0.3, 0.4) is 0 Å². The van der Waals surface area contributed by atoms with E-state index in [1.54, 1.807) is 49.4 Å². The quantitative estimate of drug-likeness (QED) is 0.554. The van der Waals surface area contributed by atoms with Gasteiger partial charge in [-0.15, -0.1) is 0 Å². The fourth-order valence-electron chi connectivity index (χ4n) is 2.72. The van der Waals surface area contributed by atoms with E-state index in [-0.39, 0.29) is 5.69 Å². The lowest BCUT2D eigenvalue weighted by atomic mass is 10.2. The third kappa shape index (κ3) is 5.48. The van der Waals surface area contributed by atoms with Crippen LogP contribution in [0.25, 0.3) is 0 Å². The lowest BCUT2D eigenvalue weighted by Gasteiger charge is -2.16. The van der Waals surface area contributed by atoms with Gasteiger partial charge >= 0.3 is 0 Å². The second-order valence-electron chi connectivity index (χ2n) is 6.58. The minimum absolute atomic E-state index is 0.223. The molecule has 0 saturated carbocycles. The van der Waals surface area contributed by atoms with Crippen LogP contribution >= 0.6 is 0 Å². The van der Waals surface area contributed by atoms with Gasteiger partial charge in [-0.3, -0.25) is 4.79 Å². The molecule has 0 fully saturated rings. The van der Waals surface area contributed by atoms with Crippen LogP contribution in [0.5, 0.6) is 17.2 Å². The van der Waals surface area contributed by atoms with Gasteiger partial charge in [-0.05, 0) is 55.5 Å². The normalized spacial score (nSPS) is 11.2. The SMILES string of the molecule is COc1cc(C#N)ccc1Oc1ccc(NC(C)C(=O)Nc2cc(F)ccc2F)cc1. The minimum atomic E-state index is -0.721. The molecule has 3 rings (SSSR count). The molecule has 2 N–H and O–H groups in total. The molecule has 31 heavy (non-hydrogen) atoms. The molecule has 0 saturated heterocycles.